The van der Waals surface area contributed by atoms with E-state index in [4.69, 9.17) is 10.5 Å². The first-order chi connectivity index (χ1) is 11.6. The van der Waals surface area contributed by atoms with E-state index in [1.165, 1.54) is 12.1 Å². The third-order valence-electron chi connectivity index (χ3n) is 3.84. The molecule has 1 saturated heterocycles. The number of nitrogens with two attached hydrogens (primary N) is 1. The van der Waals surface area contributed by atoms with Gasteiger partial charge in [0.25, 0.3) is 0 Å². The SMILES string of the molecule is Cl.Cl.NCC(=O)NCC(=O)NCC(c1cccc(F)c1)N1CCOCC1. The van der Waals surface area contributed by atoms with Crippen LogP contribution in [0.4, 0.5) is 4.39 Å². The Morgan fingerprint density at radius 2 is 1.88 bits per heavy atom. The van der Waals surface area contributed by atoms with Crippen molar-refractivity contribution in [3.05, 3.63) is 35.6 Å². The molecule has 1 unspecified atom stereocenters. The van der Waals surface area contributed by atoms with Gasteiger partial charge in [-0.25, -0.2) is 4.39 Å². The molecule has 1 heterocycles. The highest BCUT2D eigenvalue weighted by Crippen LogP contribution is 2.22. The Morgan fingerprint density at radius 3 is 2.50 bits per heavy atom. The number of hydrogen-bond acceptors (Lipinski definition) is 5. The van der Waals surface area contributed by atoms with Crippen LogP contribution in [0.3, 0.4) is 0 Å². The molecule has 0 aromatic heterocycles. The van der Waals surface area contributed by atoms with Crippen molar-refractivity contribution >= 4 is 36.6 Å². The fourth-order valence-electron chi connectivity index (χ4n) is 2.58. The molecule has 0 radical (unpaired) electrons. The molecule has 1 aromatic rings. The summed E-state index contributed by atoms with van der Waals surface area (Å²) in [7, 11) is 0. The molecule has 1 atom stereocenters. The van der Waals surface area contributed by atoms with Gasteiger partial charge in [-0.2, -0.15) is 0 Å². The number of morpholine rings is 1. The van der Waals surface area contributed by atoms with Crippen molar-refractivity contribution in [2.75, 3.05) is 45.9 Å². The smallest absolute Gasteiger partial charge is 0.239 e. The van der Waals surface area contributed by atoms with E-state index in [0.717, 1.165) is 5.56 Å². The van der Waals surface area contributed by atoms with Crippen LogP contribution in [0, 0.1) is 5.82 Å². The molecule has 1 aromatic carbocycles. The van der Waals surface area contributed by atoms with Crippen molar-refractivity contribution in [2.24, 2.45) is 5.73 Å². The number of amides is 2. The minimum atomic E-state index is -0.389. The molecule has 1 aliphatic rings. The molecule has 26 heavy (non-hydrogen) atoms. The van der Waals surface area contributed by atoms with Crippen LogP contribution in [-0.2, 0) is 14.3 Å². The third kappa shape index (κ3) is 7.84. The highest BCUT2D eigenvalue weighted by atomic mass is 35.5. The number of nitrogens with one attached hydrogen (secondary N) is 2. The van der Waals surface area contributed by atoms with E-state index in [0.29, 0.717) is 32.8 Å². The van der Waals surface area contributed by atoms with Crippen LogP contribution in [0.5, 0.6) is 0 Å². The number of hydrogen-bond donors (Lipinski definition) is 3. The predicted octanol–water partition coefficient (Wildman–Crippen LogP) is 0.234. The van der Waals surface area contributed by atoms with Gasteiger partial charge in [-0.1, -0.05) is 12.1 Å². The van der Waals surface area contributed by atoms with Gasteiger partial charge >= 0.3 is 0 Å². The monoisotopic (exact) mass is 410 g/mol. The van der Waals surface area contributed by atoms with Gasteiger partial charge in [0.05, 0.1) is 32.3 Å². The number of benzene rings is 1. The minimum Gasteiger partial charge on any atom is -0.379 e. The Kier molecular flexibility index (Phi) is 12.1. The normalized spacial score (nSPS) is 15.2. The second kappa shape index (κ2) is 12.8. The van der Waals surface area contributed by atoms with E-state index in [1.807, 2.05) is 6.07 Å². The summed E-state index contributed by atoms with van der Waals surface area (Å²) in [6.07, 6.45) is 0. The van der Waals surface area contributed by atoms with Crippen LogP contribution in [0.25, 0.3) is 0 Å². The zero-order valence-electron chi connectivity index (χ0n) is 14.3. The van der Waals surface area contributed by atoms with Gasteiger partial charge in [0, 0.05) is 19.6 Å². The van der Waals surface area contributed by atoms with Crippen LogP contribution in [0.15, 0.2) is 24.3 Å². The largest absolute Gasteiger partial charge is 0.379 e. The molecule has 4 N–H and O–H groups in total. The summed E-state index contributed by atoms with van der Waals surface area (Å²) in [6, 6.07) is 6.20. The summed E-state index contributed by atoms with van der Waals surface area (Å²) in [4.78, 5) is 25.1. The van der Waals surface area contributed by atoms with Gasteiger partial charge in [-0.15, -0.1) is 24.8 Å². The maximum atomic E-state index is 13.6. The lowest BCUT2D eigenvalue weighted by Crippen LogP contribution is -2.46. The van der Waals surface area contributed by atoms with Crippen LogP contribution in [0.1, 0.15) is 11.6 Å². The first-order valence-electron chi connectivity index (χ1n) is 7.91. The zero-order valence-corrected chi connectivity index (χ0v) is 15.9. The molecule has 0 saturated carbocycles. The lowest BCUT2D eigenvalue weighted by Gasteiger charge is -2.35. The molecule has 0 spiro atoms. The van der Waals surface area contributed by atoms with Crippen molar-refractivity contribution in [3.8, 4) is 0 Å². The van der Waals surface area contributed by atoms with E-state index in [9.17, 15) is 14.0 Å². The number of ether oxygens (including phenoxy) is 1. The van der Waals surface area contributed by atoms with E-state index in [-0.39, 0.29) is 61.6 Å². The molecule has 2 amide bonds. The van der Waals surface area contributed by atoms with E-state index < -0.39 is 0 Å². The summed E-state index contributed by atoms with van der Waals surface area (Å²) < 4.78 is 18.9. The summed E-state index contributed by atoms with van der Waals surface area (Å²) >= 11 is 0. The van der Waals surface area contributed by atoms with Crippen LogP contribution >= 0.6 is 24.8 Å². The first-order valence-corrected chi connectivity index (χ1v) is 7.91. The second-order valence-electron chi connectivity index (χ2n) is 5.50. The number of carbonyl (C=O) groups excluding carboxylic acids is 2. The fourth-order valence-corrected chi connectivity index (χ4v) is 2.58. The van der Waals surface area contributed by atoms with Crippen LogP contribution in [-0.4, -0.2) is 62.7 Å². The van der Waals surface area contributed by atoms with Crippen LogP contribution < -0.4 is 16.4 Å². The number of nitrogens with zero attached hydrogens (tertiary/aromatic N) is 1. The van der Waals surface area contributed by atoms with Gasteiger partial charge in [0.15, 0.2) is 0 Å². The van der Waals surface area contributed by atoms with Crippen molar-refractivity contribution < 1.29 is 18.7 Å². The maximum absolute atomic E-state index is 13.6. The van der Waals surface area contributed by atoms with E-state index in [1.54, 1.807) is 6.07 Å². The Bertz CT molecular complexity index is 574. The molecule has 1 aliphatic heterocycles. The van der Waals surface area contributed by atoms with Crippen molar-refractivity contribution in [1.29, 1.82) is 0 Å². The molecular weight excluding hydrogens is 386 g/mol. The molecular formula is C16H25Cl2FN4O3. The van der Waals surface area contributed by atoms with Crippen molar-refractivity contribution in [1.82, 2.24) is 15.5 Å². The molecule has 0 bridgehead atoms. The Morgan fingerprint density at radius 1 is 1.19 bits per heavy atom. The lowest BCUT2D eigenvalue weighted by atomic mass is 10.0. The average Bonchev–Trinajstić information content (AvgIpc) is 2.61. The molecule has 148 valence electrons. The van der Waals surface area contributed by atoms with Gasteiger partial charge in [-0.3, -0.25) is 14.5 Å². The summed E-state index contributed by atoms with van der Waals surface area (Å²) in [5.74, 6) is -1.02. The first kappa shape index (κ1) is 24.6. The summed E-state index contributed by atoms with van der Waals surface area (Å²) in [5, 5.41) is 5.19. The molecule has 0 aliphatic carbocycles. The Hall–Kier alpha value is -1.45. The fraction of sp³-hybridized carbons (Fsp3) is 0.500. The maximum Gasteiger partial charge on any atom is 0.239 e. The third-order valence-corrected chi connectivity index (χ3v) is 3.84. The van der Waals surface area contributed by atoms with Gasteiger partial charge < -0.3 is 21.1 Å². The standard InChI is InChI=1S/C16H23FN4O3.2ClH/c17-13-3-1-2-12(8-13)14(21-4-6-24-7-5-21)10-19-16(23)11-20-15(22)9-18;;/h1-3,8,14H,4-7,9-11,18H2,(H,19,23)(H,20,22);2*1H. The lowest BCUT2D eigenvalue weighted by molar-refractivity contribution is -0.125. The molecule has 7 nitrogen and oxygen atoms in total. The molecule has 10 heteroatoms. The quantitative estimate of drug-likeness (QED) is 0.597. The van der Waals surface area contributed by atoms with Crippen molar-refractivity contribution in [3.63, 3.8) is 0 Å². The molecule has 1 fully saturated rings. The van der Waals surface area contributed by atoms with Crippen molar-refractivity contribution in [2.45, 2.75) is 6.04 Å². The Balaban J connectivity index is 0.00000312. The van der Waals surface area contributed by atoms with Gasteiger partial charge in [0.1, 0.15) is 5.82 Å². The molecule has 2 rings (SSSR count). The topological polar surface area (TPSA) is 96.7 Å². The number of rotatable bonds is 7. The zero-order chi connectivity index (χ0) is 17.4. The highest BCUT2D eigenvalue weighted by Gasteiger charge is 2.23. The minimum absolute atomic E-state index is 0. The van der Waals surface area contributed by atoms with E-state index in [2.05, 4.69) is 15.5 Å². The summed E-state index contributed by atoms with van der Waals surface area (Å²) in [5.41, 5.74) is 5.96. The average molecular weight is 411 g/mol. The Labute approximate surface area is 164 Å². The van der Waals surface area contributed by atoms with Gasteiger partial charge in [0.2, 0.25) is 11.8 Å². The summed E-state index contributed by atoms with van der Waals surface area (Å²) in [6.45, 7) is 2.66. The number of halogens is 3. The van der Waals surface area contributed by atoms with Gasteiger partial charge in [-0.05, 0) is 17.7 Å². The van der Waals surface area contributed by atoms with E-state index >= 15 is 0 Å². The number of carbonyl (C=O) groups is 2. The predicted molar refractivity (Wildman–Crippen MR) is 101 cm³/mol. The highest BCUT2D eigenvalue weighted by molar-refractivity contribution is 5.86. The van der Waals surface area contributed by atoms with Crippen LogP contribution in [0.2, 0.25) is 0 Å². The second-order valence-corrected chi connectivity index (χ2v) is 5.50.